The van der Waals surface area contributed by atoms with E-state index in [2.05, 4.69) is 21.2 Å². The second kappa shape index (κ2) is 9.31. The number of nitrogens with one attached hydrogen (secondary N) is 1. The number of ether oxygens (including phenoxy) is 1. The number of benzene rings is 2. The van der Waals surface area contributed by atoms with E-state index in [9.17, 15) is 22.4 Å². The number of esters is 1. The minimum atomic E-state index is -3.48. The third-order valence-corrected chi connectivity index (χ3v) is 5.28. The van der Waals surface area contributed by atoms with Crippen molar-refractivity contribution in [3.8, 4) is 0 Å². The molecule has 0 radical (unpaired) electrons. The van der Waals surface area contributed by atoms with Gasteiger partial charge in [-0.2, -0.15) is 0 Å². The molecule has 1 amide bonds. The summed E-state index contributed by atoms with van der Waals surface area (Å²) in [5, 5.41) is 2.49. The Bertz CT molecular complexity index is 1060. The predicted molar refractivity (Wildman–Crippen MR) is 107 cm³/mol. The second-order valence-electron chi connectivity index (χ2n) is 5.57. The Morgan fingerprint density at radius 2 is 1.96 bits per heavy atom. The maximum absolute atomic E-state index is 13.6. The summed E-state index contributed by atoms with van der Waals surface area (Å²) >= 11 is 9.12. The number of carbonyl (C=O) groups is 2. The van der Waals surface area contributed by atoms with E-state index in [1.807, 2.05) is 0 Å². The predicted octanol–water partition coefficient (Wildman–Crippen LogP) is 3.84. The van der Waals surface area contributed by atoms with Crippen LogP contribution in [0, 0.1) is 5.82 Å². The molecule has 0 aliphatic carbocycles. The lowest BCUT2D eigenvalue weighted by molar-refractivity contribution is -0.142. The van der Waals surface area contributed by atoms with Crippen LogP contribution in [0.4, 0.5) is 10.1 Å². The van der Waals surface area contributed by atoms with Crippen molar-refractivity contribution < 1.29 is 27.1 Å². The highest BCUT2D eigenvalue weighted by molar-refractivity contribution is 9.10. The third kappa shape index (κ3) is 6.43. The summed E-state index contributed by atoms with van der Waals surface area (Å²) < 4.78 is 42.1. The van der Waals surface area contributed by atoms with E-state index in [0.29, 0.717) is 4.47 Å². The molecule has 2 aromatic carbocycles. The Kier molecular flexibility index (Phi) is 7.34. The number of amides is 1. The fourth-order valence-corrected chi connectivity index (χ4v) is 3.19. The van der Waals surface area contributed by atoms with Gasteiger partial charge < -0.3 is 10.1 Å². The third-order valence-electron chi connectivity index (χ3n) is 3.34. The average molecular weight is 491 g/mol. The summed E-state index contributed by atoms with van der Waals surface area (Å²) in [6.07, 6.45) is 3.21. The first-order valence-electron chi connectivity index (χ1n) is 7.65. The minimum absolute atomic E-state index is 0.0248. The molecular weight excluding hydrogens is 477 g/mol. The lowest BCUT2D eigenvalue weighted by Gasteiger charge is -2.09. The van der Waals surface area contributed by atoms with Gasteiger partial charge in [-0.1, -0.05) is 27.5 Å². The van der Waals surface area contributed by atoms with Gasteiger partial charge in [0.15, 0.2) is 16.4 Å². The van der Waals surface area contributed by atoms with Gasteiger partial charge in [0.25, 0.3) is 5.91 Å². The van der Waals surface area contributed by atoms with E-state index < -0.39 is 34.1 Å². The van der Waals surface area contributed by atoms with E-state index in [0.717, 1.165) is 12.3 Å². The zero-order valence-electron chi connectivity index (χ0n) is 14.4. The van der Waals surface area contributed by atoms with Crippen LogP contribution in [0.2, 0.25) is 5.02 Å². The van der Waals surface area contributed by atoms with Crippen molar-refractivity contribution in [2.45, 2.75) is 4.90 Å². The summed E-state index contributed by atoms with van der Waals surface area (Å²) in [6.45, 7) is -0.635. The number of hydrogen-bond donors (Lipinski definition) is 1. The van der Waals surface area contributed by atoms with Gasteiger partial charge in [-0.05, 0) is 42.5 Å². The molecular formula is C18H14BrClFNO5S. The van der Waals surface area contributed by atoms with Crippen molar-refractivity contribution in [2.75, 3.05) is 18.2 Å². The molecule has 2 rings (SSSR count). The summed E-state index contributed by atoms with van der Waals surface area (Å²) in [5.41, 5.74) is 0.234. The number of hydrogen-bond acceptors (Lipinski definition) is 5. The van der Waals surface area contributed by atoms with Gasteiger partial charge in [-0.25, -0.2) is 17.6 Å². The molecule has 0 aromatic heterocycles. The molecule has 0 heterocycles. The number of anilines is 1. The molecule has 0 bridgehead atoms. The molecule has 148 valence electrons. The molecule has 28 heavy (non-hydrogen) atoms. The Morgan fingerprint density at radius 3 is 2.64 bits per heavy atom. The maximum atomic E-state index is 13.6. The second-order valence-corrected chi connectivity index (χ2v) is 8.91. The number of rotatable bonds is 6. The van der Waals surface area contributed by atoms with Crippen LogP contribution in [0.15, 0.2) is 51.8 Å². The molecule has 2 aromatic rings. The van der Waals surface area contributed by atoms with Crippen LogP contribution in [-0.4, -0.2) is 33.2 Å². The van der Waals surface area contributed by atoms with Gasteiger partial charge in [0.1, 0.15) is 5.82 Å². The molecule has 10 heteroatoms. The summed E-state index contributed by atoms with van der Waals surface area (Å²) in [7, 11) is -3.48. The molecule has 0 saturated heterocycles. The van der Waals surface area contributed by atoms with E-state index in [-0.39, 0.29) is 21.2 Å². The molecule has 1 N–H and O–H groups in total. The van der Waals surface area contributed by atoms with Crippen LogP contribution in [0.1, 0.15) is 5.56 Å². The highest BCUT2D eigenvalue weighted by Gasteiger charge is 2.13. The van der Waals surface area contributed by atoms with Crippen LogP contribution >= 0.6 is 27.5 Å². The van der Waals surface area contributed by atoms with Gasteiger partial charge >= 0.3 is 5.97 Å². The first-order chi connectivity index (χ1) is 13.1. The SMILES string of the molecule is CS(=O)(=O)c1ccc(Cl)c(NC(=O)COC(=O)/C=C/c2cc(Br)ccc2F)c1. The Balaban J connectivity index is 1.96. The number of carbonyl (C=O) groups excluding carboxylic acids is 2. The van der Waals surface area contributed by atoms with Crippen molar-refractivity contribution >= 4 is 61.0 Å². The zero-order valence-corrected chi connectivity index (χ0v) is 17.6. The van der Waals surface area contributed by atoms with Crippen LogP contribution < -0.4 is 5.32 Å². The van der Waals surface area contributed by atoms with Crippen molar-refractivity contribution in [3.05, 3.63) is 63.4 Å². The van der Waals surface area contributed by atoms with Gasteiger partial charge in [0.05, 0.1) is 15.6 Å². The average Bonchev–Trinajstić information content (AvgIpc) is 2.61. The summed E-state index contributed by atoms with van der Waals surface area (Å²) in [5.74, 6) is -2.10. The van der Waals surface area contributed by atoms with Gasteiger partial charge in [0, 0.05) is 22.4 Å². The summed E-state index contributed by atoms with van der Waals surface area (Å²) in [6, 6.07) is 8.06. The van der Waals surface area contributed by atoms with Gasteiger partial charge in [-0.3, -0.25) is 4.79 Å². The molecule has 0 saturated carbocycles. The highest BCUT2D eigenvalue weighted by Crippen LogP contribution is 2.25. The van der Waals surface area contributed by atoms with Crippen molar-refractivity contribution in [2.24, 2.45) is 0 Å². The maximum Gasteiger partial charge on any atom is 0.331 e. The smallest absolute Gasteiger partial charge is 0.331 e. The van der Waals surface area contributed by atoms with Crippen molar-refractivity contribution in [3.63, 3.8) is 0 Å². The van der Waals surface area contributed by atoms with E-state index in [4.69, 9.17) is 16.3 Å². The fraction of sp³-hybridized carbons (Fsp3) is 0.111. The lowest BCUT2D eigenvalue weighted by Crippen LogP contribution is -2.20. The molecule has 0 aliphatic rings. The van der Waals surface area contributed by atoms with Crippen LogP contribution in [0.25, 0.3) is 6.08 Å². The minimum Gasteiger partial charge on any atom is -0.452 e. The Labute approximate surface area is 174 Å². The van der Waals surface area contributed by atoms with Crippen LogP contribution in [0.5, 0.6) is 0 Å². The quantitative estimate of drug-likeness (QED) is 0.491. The topological polar surface area (TPSA) is 89.5 Å². The normalized spacial score (nSPS) is 11.4. The molecule has 6 nitrogen and oxygen atoms in total. The first kappa shape index (κ1) is 22.1. The van der Waals surface area contributed by atoms with E-state index in [1.54, 1.807) is 0 Å². The fourth-order valence-electron chi connectivity index (χ4n) is 2.00. The largest absolute Gasteiger partial charge is 0.452 e. The number of halogens is 3. The first-order valence-corrected chi connectivity index (χ1v) is 10.7. The number of sulfone groups is 1. The van der Waals surface area contributed by atoms with E-state index >= 15 is 0 Å². The molecule has 0 fully saturated rings. The van der Waals surface area contributed by atoms with Crippen molar-refractivity contribution in [1.82, 2.24) is 0 Å². The van der Waals surface area contributed by atoms with E-state index in [1.165, 1.54) is 42.5 Å². The molecule has 0 aliphatic heterocycles. The van der Waals surface area contributed by atoms with Crippen LogP contribution in [0.3, 0.4) is 0 Å². The molecule has 0 atom stereocenters. The standard InChI is InChI=1S/C18H14BrClFNO5S/c1-28(25,26)13-4-5-14(20)16(9-13)22-17(23)10-27-18(24)7-2-11-8-12(19)3-6-15(11)21/h2-9H,10H2,1H3,(H,22,23)/b7-2+. The van der Waals surface area contributed by atoms with Crippen molar-refractivity contribution in [1.29, 1.82) is 0 Å². The van der Waals surface area contributed by atoms with Crippen LogP contribution in [-0.2, 0) is 24.2 Å². The molecule has 0 unspecified atom stereocenters. The highest BCUT2D eigenvalue weighted by atomic mass is 79.9. The lowest BCUT2D eigenvalue weighted by atomic mass is 10.2. The summed E-state index contributed by atoms with van der Waals surface area (Å²) in [4.78, 5) is 23.6. The molecule has 0 spiro atoms. The Hall–Kier alpha value is -2.23. The Morgan fingerprint density at radius 1 is 1.25 bits per heavy atom. The van der Waals surface area contributed by atoms with Gasteiger partial charge in [0.2, 0.25) is 0 Å². The zero-order chi connectivity index (χ0) is 20.9. The van der Waals surface area contributed by atoms with Gasteiger partial charge in [-0.15, -0.1) is 0 Å². The monoisotopic (exact) mass is 489 g/mol.